The van der Waals surface area contributed by atoms with Gasteiger partial charge in [-0.25, -0.2) is 4.39 Å². The van der Waals surface area contributed by atoms with Crippen molar-refractivity contribution in [3.63, 3.8) is 0 Å². The summed E-state index contributed by atoms with van der Waals surface area (Å²) < 4.78 is 24.4. The van der Waals surface area contributed by atoms with E-state index < -0.39 is 0 Å². The molecular formula is C11H12BrFO2. The van der Waals surface area contributed by atoms with Crippen LogP contribution in [-0.4, -0.2) is 19.3 Å². The summed E-state index contributed by atoms with van der Waals surface area (Å²) >= 11 is 3.09. The minimum atomic E-state index is -0.306. The molecule has 1 atom stereocenters. The highest BCUT2D eigenvalue weighted by Crippen LogP contribution is 2.22. The Morgan fingerprint density at radius 1 is 1.53 bits per heavy atom. The average molecular weight is 275 g/mol. The van der Waals surface area contributed by atoms with Crippen LogP contribution in [0.15, 0.2) is 22.7 Å². The fourth-order valence-corrected chi connectivity index (χ4v) is 1.78. The molecule has 0 amide bonds. The van der Waals surface area contributed by atoms with E-state index in [9.17, 15) is 4.39 Å². The first kappa shape index (κ1) is 10.9. The molecule has 0 unspecified atom stereocenters. The Morgan fingerprint density at radius 3 is 3.07 bits per heavy atom. The van der Waals surface area contributed by atoms with Crippen molar-refractivity contribution in [1.29, 1.82) is 0 Å². The number of ether oxygens (including phenoxy) is 2. The van der Waals surface area contributed by atoms with Crippen LogP contribution in [0, 0.1) is 5.82 Å². The van der Waals surface area contributed by atoms with Crippen LogP contribution in [-0.2, 0) is 4.74 Å². The lowest BCUT2D eigenvalue weighted by Crippen LogP contribution is -2.16. The van der Waals surface area contributed by atoms with Crippen molar-refractivity contribution < 1.29 is 13.9 Å². The Balaban J connectivity index is 1.90. The second-order valence-electron chi connectivity index (χ2n) is 3.52. The third-order valence-corrected chi connectivity index (χ3v) is 2.99. The van der Waals surface area contributed by atoms with E-state index >= 15 is 0 Å². The van der Waals surface area contributed by atoms with E-state index in [1.165, 1.54) is 6.07 Å². The van der Waals surface area contributed by atoms with Gasteiger partial charge in [0.15, 0.2) is 0 Å². The lowest BCUT2D eigenvalue weighted by atomic mass is 10.2. The zero-order valence-corrected chi connectivity index (χ0v) is 9.80. The minimum Gasteiger partial charge on any atom is -0.491 e. The monoisotopic (exact) mass is 274 g/mol. The quantitative estimate of drug-likeness (QED) is 0.843. The number of benzene rings is 1. The van der Waals surface area contributed by atoms with Gasteiger partial charge in [-0.1, -0.05) is 0 Å². The lowest BCUT2D eigenvalue weighted by Gasteiger charge is -2.11. The first-order valence-corrected chi connectivity index (χ1v) is 5.74. The van der Waals surface area contributed by atoms with Crippen LogP contribution in [0.2, 0.25) is 0 Å². The first-order valence-electron chi connectivity index (χ1n) is 4.95. The van der Waals surface area contributed by atoms with Gasteiger partial charge in [0.25, 0.3) is 0 Å². The Labute approximate surface area is 96.5 Å². The highest BCUT2D eigenvalue weighted by atomic mass is 79.9. The van der Waals surface area contributed by atoms with Crippen LogP contribution in [0.4, 0.5) is 4.39 Å². The normalized spacial score (nSPS) is 20.5. The van der Waals surface area contributed by atoms with E-state index in [1.54, 1.807) is 12.1 Å². The fraction of sp³-hybridized carbons (Fsp3) is 0.455. The molecule has 1 heterocycles. The molecule has 1 aliphatic rings. The van der Waals surface area contributed by atoms with Gasteiger partial charge in [-0.2, -0.15) is 0 Å². The highest BCUT2D eigenvalue weighted by Gasteiger charge is 2.16. The zero-order valence-electron chi connectivity index (χ0n) is 8.21. The van der Waals surface area contributed by atoms with Gasteiger partial charge in [0.2, 0.25) is 0 Å². The Bertz CT molecular complexity index is 337. The summed E-state index contributed by atoms with van der Waals surface area (Å²) in [5, 5.41) is 0. The van der Waals surface area contributed by atoms with Crippen LogP contribution in [0.3, 0.4) is 0 Å². The summed E-state index contributed by atoms with van der Waals surface area (Å²) in [6.07, 6.45) is 2.28. The van der Waals surface area contributed by atoms with E-state index in [-0.39, 0.29) is 11.9 Å². The third-order valence-electron chi connectivity index (χ3n) is 2.35. The summed E-state index contributed by atoms with van der Waals surface area (Å²) in [5.41, 5.74) is 0. The molecule has 1 aromatic rings. The van der Waals surface area contributed by atoms with Crippen molar-refractivity contribution in [3.05, 3.63) is 28.5 Å². The van der Waals surface area contributed by atoms with Crippen LogP contribution < -0.4 is 4.74 Å². The number of halogens is 2. The van der Waals surface area contributed by atoms with Crippen molar-refractivity contribution in [2.45, 2.75) is 18.9 Å². The SMILES string of the molecule is Fc1cc(OC[C@@H]2CCCO2)ccc1Br. The zero-order chi connectivity index (χ0) is 10.7. The van der Waals surface area contributed by atoms with Gasteiger partial charge in [-0.05, 0) is 40.9 Å². The van der Waals surface area contributed by atoms with Gasteiger partial charge in [0, 0.05) is 12.7 Å². The first-order chi connectivity index (χ1) is 7.25. The number of hydrogen-bond donors (Lipinski definition) is 0. The van der Waals surface area contributed by atoms with E-state index in [2.05, 4.69) is 15.9 Å². The Kier molecular flexibility index (Phi) is 3.59. The number of hydrogen-bond acceptors (Lipinski definition) is 2. The smallest absolute Gasteiger partial charge is 0.141 e. The minimum absolute atomic E-state index is 0.164. The van der Waals surface area contributed by atoms with Gasteiger partial charge >= 0.3 is 0 Å². The molecule has 0 aromatic heterocycles. The molecule has 1 aromatic carbocycles. The molecule has 0 spiro atoms. The maximum absolute atomic E-state index is 13.1. The van der Waals surface area contributed by atoms with E-state index in [4.69, 9.17) is 9.47 Å². The largest absolute Gasteiger partial charge is 0.491 e. The summed E-state index contributed by atoms with van der Waals surface area (Å²) in [6.45, 7) is 1.31. The fourth-order valence-electron chi connectivity index (χ4n) is 1.53. The number of rotatable bonds is 3. The maximum atomic E-state index is 13.1. The third kappa shape index (κ3) is 2.92. The van der Waals surface area contributed by atoms with Gasteiger partial charge in [0.05, 0.1) is 10.6 Å². The molecule has 1 saturated heterocycles. The van der Waals surface area contributed by atoms with E-state index in [1.807, 2.05) is 0 Å². The molecular weight excluding hydrogens is 263 g/mol. The molecule has 1 fully saturated rings. The molecule has 15 heavy (non-hydrogen) atoms. The average Bonchev–Trinajstić information content (AvgIpc) is 2.73. The van der Waals surface area contributed by atoms with E-state index in [0.29, 0.717) is 16.8 Å². The predicted octanol–water partition coefficient (Wildman–Crippen LogP) is 3.15. The van der Waals surface area contributed by atoms with E-state index in [0.717, 1.165) is 19.4 Å². The summed E-state index contributed by atoms with van der Waals surface area (Å²) in [4.78, 5) is 0. The van der Waals surface area contributed by atoms with Crippen molar-refractivity contribution in [3.8, 4) is 5.75 Å². The van der Waals surface area contributed by atoms with Gasteiger partial charge in [-0.15, -0.1) is 0 Å². The molecule has 4 heteroatoms. The second kappa shape index (κ2) is 4.94. The standard InChI is InChI=1S/C11H12BrFO2/c12-10-4-3-8(6-11(10)13)15-7-9-2-1-5-14-9/h3-4,6,9H,1-2,5,7H2/t9-/m0/s1. The van der Waals surface area contributed by atoms with Crippen LogP contribution in [0.1, 0.15) is 12.8 Å². The molecule has 1 aliphatic heterocycles. The van der Waals surface area contributed by atoms with Crippen LogP contribution >= 0.6 is 15.9 Å². The molecule has 0 bridgehead atoms. The topological polar surface area (TPSA) is 18.5 Å². The van der Waals surface area contributed by atoms with Gasteiger partial charge in [0.1, 0.15) is 18.2 Å². The molecule has 82 valence electrons. The van der Waals surface area contributed by atoms with Crippen molar-refractivity contribution in [2.24, 2.45) is 0 Å². The van der Waals surface area contributed by atoms with Crippen molar-refractivity contribution in [2.75, 3.05) is 13.2 Å². The molecule has 0 saturated carbocycles. The summed E-state index contributed by atoms with van der Waals surface area (Å²) in [5.74, 6) is 0.242. The van der Waals surface area contributed by atoms with Gasteiger partial charge < -0.3 is 9.47 Å². The van der Waals surface area contributed by atoms with Gasteiger partial charge in [-0.3, -0.25) is 0 Å². The van der Waals surface area contributed by atoms with Crippen molar-refractivity contribution >= 4 is 15.9 Å². The molecule has 2 rings (SSSR count). The molecule has 0 N–H and O–H groups in total. The highest BCUT2D eigenvalue weighted by molar-refractivity contribution is 9.10. The Morgan fingerprint density at radius 2 is 2.40 bits per heavy atom. The van der Waals surface area contributed by atoms with Crippen LogP contribution in [0.25, 0.3) is 0 Å². The maximum Gasteiger partial charge on any atom is 0.141 e. The summed E-state index contributed by atoms with van der Waals surface area (Å²) in [7, 11) is 0. The Hall–Kier alpha value is -0.610. The molecule has 0 aliphatic carbocycles. The van der Waals surface area contributed by atoms with Crippen LogP contribution in [0.5, 0.6) is 5.75 Å². The second-order valence-corrected chi connectivity index (χ2v) is 4.38. The lowest BCUT2D eigenvalue weighted by molar-refractivity contribution is 0.0678. The van der Waals surface area contributed by atoms with Crippen molar-refractivity contribution in [1.82, 2.24) is 0 Å². The molecule has 0 radical (unpaired) electrons. The molecule has 2 nitrogen and oxygen atoms in total. The predicted molar refractivity (Wildman–Crippen MR) is 58.6 cm³/mol. The summed E-state index contributed by atoms with van der Waals surface area (Å²) in [6, 6.07) is 4.75.